The van der Waals surface area contributed by atoms with Crippen LogP contribution in [0, 0.1) is 0 Å². The van der Waals surface area contributed by atoms with Crippen LogP contribution in [0.25, 0.3) is 0 Å². The Kier molecular flexibility index (Phi) is 4.40. The molecule has 3 heteroatoms. The lowest BCUT2D eigenvalue weighted by Gasteiger charge is -2.31. The van der Waals surface area contributed by atoms with Gasteiger partial charge in [-0.1, -0.05) is 6.92 Å². The quantitative estimate of drug-likeness (QED) is 0.718. The number of thioether (sulfide) groups is 1. The number of hydrogen-bond donors (Lipinski definition) is 1. The molecule has 2 unspecified atom stereocenters. The molecule has 1 heterocycles. The van der Waals surface area contributed by atoms with Crippen LogP contribution in [0.4, 0.5) is 0 Å². The Balaban J connectivity index is 2.37. The molecule has 1 rings (SSSR count). The number of nitrogens with two attached hydrogens (primary N) is 1. The van der Waals surface area contributed by atoms with Gasteiger partial charge in [0, 0.05) is 24.4 Å². The van der Waals surface area contributed by atoms with Crippen LogP contribution in [-0.2, 0) is 0 Å². The molecule has 0 amide bonds. The van der Waals surface area contributed by atoms with Crippen LogP contribution in [0.2, 0.25) is 0 Å². The smallest absolute Gasteiger partial charge is 0.0216 e. The molecule has 0 spiro atoms. The molecule has 0 aromatic carbocycles. The Morgan fingerprint density at radius 1 is 1.67 bits per heavy atom. The van der Waals surface area contributed by atoms with Gasteiger partial charge in [0.25, 0.3) is 0 Å². The van der Waals surface area contributed by atoms with Crippen molar-refractivity contribution in [1.82, 2.24) is 4.90 Å². The van der Waals surface area contributed by atoms with Crippen molar-refractivity contribution in [2.75, 3.05) is 25.1 Å². The summed E-state index contributed by atoms with van der Waals surface area (Å²) in [6.45, 7) is 3.02. The molecule has 0 radical (unpaired) electrons. The van der Waals surface area contributed by atoms with Gasteiger partial charge >= 0.3 is 0 Å². The van der Waals surface area contributed by atoms with E-state index in [0.717, 1.165) is 12.6 Å². The van der Waals surface area contributed by atoms with Gasteiger partial charge in [0.2, 0.25) is 0 Å². The number of likely N-dealkylation sites (N-methyl/N-ethyl adjacent to an activating group) is 1. The van der Waals surface area contributed by atoms with E-state index in [-0.39, 0.29) is 0 Å². The molecule has 0 bridgehead atoms. The summed E-state index contributed by atoms with van der Waals surface area (Å²) in [6.07, 6.45) is 2.52. The van der Waals surface area contributed by atoms with Gasteiger partial charge in [-0.3, -0.25) is 4.90 Å². The maximum absolute atomic E-state index is 5.70. The zero-order chi connectivity index (χ0) is 8.97. The van der Waals surface area contributed by atoms with Crippen LogP contribution in [0.1, 0.15) is 19.8 Å². The molecule has 0 aromatic heterocycles. The lowest BCUT2D eigenvalue weighted by atomic mass is 10.1. The monoisotopic (exact) mass is 188 g/mol. The highest BCUT2D eigenvalue weighted by Gasteiger charge is 2.23. The summed E-state index contributed by atoms with van der Waals surface area (Å²) >= 11 is 2.07. The molecule has 1 fully saturated rings. The van der Waals surface area contributed by atoms with E-state index in [1.54, 1.807) is 0 Å². The molecular weight excluding hydrogens is 168 g/mol. The highest BCUT2D eigenvalue weighted by molar-refractivity contribution is 7.99. The Morgan fingerprint density at radius 3 is 2.83 bits per heavy atom. The van der Waals surface area contributed by atoms with Crippen molar-refractivity contribution < 1.29 is 0 Å². The van der Waals surface area contributed by atoms with Gasteiger partial charge in [-0.05, 0) is 25.6 Å². The van der Waals surface area contributed by atoms with Gasteiger partial charge in [0.1, 0.15) is 0 Å². The predicted octanol–water partition coefficient (Wildman–Crippen LogP) is 1.16. The fourth-order valence-corrected chi connectivity index (χ4v) is 3.04. The van der Waals surface area contributed by atoms with Crippen molar-refractivity contribution >= 4 is 11.8 Å². The molecule has 2 N–H and O–H groups in total. The highest BCUT2D eigenvalue weighted by atomic mass is 32.2. The van der Waals surface area contributed by atoms with E-state index in [0.29, 0.717) is 6.04 Å². The Labute approximate surface area is 79.9 Å². The highest BCUT2D eigenvalue weighted by Crippen LogP contribution is 2.23. The zero-order valence-electron chi connectivity index (χ0n) is 8.12. The number of hydrogen-bond acceptors (Lipinski definition) is 3. The molecule has 1 aliphatic heterocycles. The summed E-state index contributed by atoms with van der Waals surface area (Å²) < 4.78 is 0. The molecule has 2 atom stereocenters. The van der Waals surface area contributed by atoms with E-state index in [1.165, 1.54) is 24.3 Å². The molecule has 2 nitrogen and oxygen atoms in total. The van der Waals surface area contributed by atoms with Crippen LogP contribution in [-0.4, -0.2) is 42.1 Å². The second-order valence-electron chi connectivity index (χ2n) is 3.48. The van der Waals surface area contributed by atoms with Crippen molar-refractivity contribution in [2.45, 2.75) is 31.8 Å². The summed E-state index contributed by atoms with van der Waals surface area (Å²) in [4.78, 5) is 2.47. The first-order chi connectivity index (χ1) is 5.79. The van der Waals surface area contributed by atoms with Crippen LogP contribution >= 0.6 is 11.8 Å². The van der Waals surface area contributed by atoms with E-state index in [1.807, 2.05) is 0 Å². The molecule has 0 aromatic rings. The first-order valence-electron chi connectivity index (χ1n) is 4.79. The fourth-order valence-electron chi connectivity index (χ4n) is 1.76. The van der Waals surface area contributed by atoms with Crippen molar-refractivity contribution in [2.24, 2.45) is 5.73 Å². The maximum Gasteiger partial charge on any atom is 0.0216 e. The average molecular weight is 188 g/mol. The Hall–Kier alpha value is 0.270. The van der Waals surface area contributed by atoms with Gasteiger partial charge in [-0.2, -0.15) is 11.8 Å². The molecule has 0 saturated carbocycles. The van der Waals surface area contributed by atoms with Crippen molar-refractivity contribution in [1.29, 1.82) is 0 Å². The topological polar surface area (TPSA) is 29.3 Å². The lowest BCUT2D eigenvalue weighted by molar-refractivity contribution is 0.187. The molecule has 0 aliphatic carbocycles. The normalized spacial score (nSPS) is 26.5. The second kappa shape index (κ2) is 5.10. The minimum Gasteiger partial charge on any atom is -0.329 e. The largest absolute Gasteiger partial charge is 0.329 e. The molecule has 12 heavy (non-hydrogen) atoms. The summed E-state index contributed by atoms with van der Waals surface area (Å²) in [5.41, 5.74) is 5.70. The SMILES string of the molecule is CCC(CN)N(C)C1CCSC1. The third-order valence-electron chi connectivity index (χ3n) is 2.80. The first-order valence-corrected chi connectivity index (χ1v) is 5.94. The van der Waals surface area contributed by atoms with Gasteiger partial charge in [-0.15, -0.1) is 0 Å². The van der Waals surface area contributed by atoms with Crippen molar-refractivity contribution in [3.8, 4) is 0 Å². The van der Waals surface area contributed by atoms with Crippen LogP contribution in [0.3, 0.4) is 0 Å². The molecule has 72 valence electrons. The summed E-state index contributed by atoms with van der Waals surface area (Å²) in [7, 11) is 2.22. The summed E-state index contributed by atoms with van der Waals surface area (Å²) in [5.74, 6) is 2.63. The average Bonchev–Trinajstić information content (AvgIpc) is 2.58. The third kappa shape index (κ3) is 2.38. The number of rotatable bonds is 4. The number of nitrogens with zero attached hydrogens (tertiary/aromatic N) is 1. The zero-order valence-corrected chi connectivity index (χ0v) is 8.94. The summed E-state index contributed by atoms with van der Waals surface area (Å²) in [6, 6.07) is 1.37. The van der Waals surface area contributed by atoms with Crippen LogP contribution in [0.5, 0.6) is 0 Å². The van der Waals surface area contributed by atoms with Crippen molar-refractivity contribution in [3.05, 3.63) is 0 Å². The minimum absolute atomic E-state index is 0.591. The van der Waals surface area contributed by atoms with E-state index >= 15 is 0 Å². The molecule has 1 aliphatic rings. The van der Waals surface area contributed by atoms with Crippen LogP contribution in [0.15, 0.2) is 0 Å². The van der Waals surface area contributed by atoms with Gasteiger partial charge < -0.3 is 5.73 Å². The summed E-state index contributed by atoms with van der Waals surface area (Å²) in [5, 5.41) is 0. The fraction of sp³-hybridized carbons (Fsp3) is 1.00. The maximum atomic E-state index is 5.70. The van der Waals surface area contributed by atoms with Gasteiger partial charge in [-0.25, -0.2) is 0 Å². The van der Waals surface area contributed by atoms with Gasteiger partial charge in [0.15, 0.2) is 0 Å². The Bertz CT molecular complexity index is 118. The minimum atomic E-state index is 0.591. The second-order valence-corrected chi connectivity index (χ2v) is 4.63. The Morgan fingerprint density at radius 2 is 2.42 bits per heavy atom. The standard InChI is InChI=1S/C9H20N2S/c1-3-8(6-10)11(2)9-4-5-12-7-9/h8-9H,3-7,10H2,1-2H3. The molecular formula is C9H20N2S. The van der Waals surface area contributed by atoms with Crippen molar-refractivity contribution in [3.63, 3.8) is 0 Å². The first kappa shape index (κ1) is 10.4. The predicted molar refractivity (Wildman–Crippen MR) is 56.6 cm³/mol. The van der Waals surface area contributed by atoms with Crippen LogP contribution < -0.4 is 5.73 Å². The van der Waals surface area contributed by atoms with E-state index in [9.17, 15) is 0 Å². The molecule has 1 saturated heterocycles. The lowest BCUT2D eigenvalue weighted by Crippen LogP contribution is -2.43. The van der Waals surface area contributed by atoms with E-state index in [2.05, 4.69) is 30.6 Å². The van der Waals surface area contributed by atoms with E-state index < -0.39 is 0 Å². The third-order valence-corrected chi connectivity index (χ3v) is 3.95. The van der Waals surface area contributed by atoms with Gasteiger partial charge in [0.05, 0.1) is 0 Å². The van der Waals surface area contributed by atoms with E-state index in [4.69, 9.17) is 5.73 Å².